The van der Waals surface area contributed by atoms with Gasteiger partial charge in [0.15, 0.2) is 47.3 Å². The highest BCUT2D eigenvalue weighted by molar-refractivity contribution is 5.89. The molecule has 4 aromatic rings. The molecule has 0 bridgehead atoms. The Morgan fingerprint density at radius 1 is 0.754 bits per heavy atom. The Morgan fingerprint density at radius 2 is 1.40 bits per heavy atom. The zero-order valence-corrected chi connectivity index (χ0v) is 29.6. The zero-order chi connectivity index (χ0) is 41.3. The molecule has 0 saturated carbocycles. The third-order valence-electron chi connectivity index (χ3n) is 9.20. The second kappa shape index (κ2) is 16.8. The first-order valence-corrected chi connectivity index (χ1v) is 17.0. The molecule has 11 N–H and O–H groups in total. The first-order chi connectivity index (χ1) is 27.1. The van der Waals surface area contributed by atoms with E-state index in [-0.39, 0.29) is 22.6 Å². The van der Waals surface area contributed by atoms with Crippen molar-refractivity contribution in [2.75, 3.05) is 20.3 Å². The lowest BCUT2D eigenvalue weighted by Gasteiger charge is -2.46. The summed E-state index contributed by atoms with van der Waals surface area (Å²) < 4.78 is 39.5. The fourth-order valence-corrected chi connectivity index (χ4v) is 6.22. The van der Waals surface area contributed by atoms with Gasteiger partial charge in [0, 0.05) is 23.8 Å². The summed E-state index contributed by atoms with van der Waals surface area (Å²) in [6, 6.07) is 9.17. The van der Waals surface area contributed by atoms with Crippen molar-refractivity contribution >= 4 is 23.0 Å². The highest BCUT2D eigenvalue weighted by Gasteiger charge is 2.53. The second-order valence-electron chi connectivity index (χ2n) is 12.9. The molecule has 57 heavy (non-hydrogen) atoms. The van der Waals surface area contributed by atoms with Gasteiger partial charge in [-0.3, -0.25) is 4.79 Å². The molecule has 2 aliphatic heterocycles. The summed E-state index contributed by atoms with van der Waals surface area (Å²) >= 11 is 0. The van der Waals surface area contributed by atoms with E-state index in [2.05, 4.69) is 0 Å². The minimum absolute atomic E-state index is 0.0924. The SMILES string of the molecule is COc1cc(/C=C/C(=O)O[C@H]2[C@H](O[C@@H]3[C@H](Oc4c(-c5ccc(O)c(O)c5)oc5cc(O)cc(O)c5c4=O)O[C@H](CO)[C@@H](O)[C@@H]3O)O[C@H](CO)[C@@H](O)[C@@H]2O)ccc1O. The predicted molar refractivity (Wildman–Crippen MR) is 189 cm³/mol. The molecule has 20 nitrogen and oxygen atoms in total. The van der Waals surface area contributed by atoms with Crippen molar-refractivity contribution < 1.29 is 93.8 Å². The van der Waals surface area contributed by atoms with E-state index in [1.807, 2.05) is 0 Å². The average Bonchev–Trinajstić information content (AvgIpc) is 3.18. The smallest absolute Gasteiger partial charge is 0.331 e. The molecule has 2 aliphatic rings. The van der Waals surface area contributed by atoms with Gasteiger partial charge in [-0.15, -0.1) is 0 Å². The summed E-state index contributed by atoms with van der Waals surface area (Å²) in [4.78, 5) is 27.1. The summed E-state index contributed by atoms with van der Waals surface area (Å²) in [5.41, 5.74) is -1.22. The van der Waals surface area contributed by atoms with Crippen molar-refractivity contribution in [3.63, 3.8) is 0 Å². The normalized spacial score (nSPS) is 27.7. The fraction of sp³-hybridized carbons (Fsp3) is 0.351. The molecular formula is C37H38O20. The van der Waals surface area contributed by atoms with Crippen molar-refractivity contribution in [2.24, 2.45) is 0 Å². The number of phenolic OH excluding ortho intramolecular Hbond substituents is 5. The maximum atomic E-state index is 14.0. The van der Waals surface area contributed by atoms with Gasteiger partial charge in [-0.1, -0.05) is 6.07 Å². The Kier molecular flexibility index (Phi) is 12.1. The molecule has 0 amide bonds. The maximum absolute atomic E-state index is 14.0. The summed E-state index contributed by atoms with van der Waals surface area (Å²) in [5, 5.41) is 114. The number of carbonyl (C=O) groups is 1. The number of hydrogen-bond donors (Lipinski definition) is 11. The van der Waals surface area contributed by atoms with Crippen LogP contribution < -0.4 is 14.9 Å². The van der Waals surface area contributed by atoms with E-state index in [0.717, 1.165) is 30.3 Å². The van der Waals surface area contributed by atoms with Gasteiger partial charge >= 0.3 is 5.97 Å². The molecule has 6 rings (SSSR count). The van der Waals surface area contributed by atoms with E-state index >= 15 is 0 Å². The molecule has 3 aromatic carbocycles. The van der Waals surface area contributed by atoms with Crippen LogP contribution in [0.3, 0.4) is 0 Å². The van der Waals surface area contributed by atoms with Crippen LogP contribution in [0, 0.1) is 0 Å². The molecule has 3 heterocycles. The Hall–Kier alpha value is -5.68. The summed E-state index contributed by atoms with van der Waals surface area (Å²) in [6.07, 6.45) is -16.9. The minimum atomic E-state index is -2.08. The van der Waals surface area contributed by atoms with E-state index in [9.17, 15) is 65.8 Å². The third-order valence-corrected chi connectivity index (χ3v) is 9.20. The lowest BCUT2D eigenvalue weighted by molar-refractivity contribution is -0.358. The van der Waals surface area contributed by atoms with Crippen LogP contribution in [0.15, 0.2) is 63.8 Å². The molecule has 2 saturated heterocycles. The molecule has 20 heteroatoms. The number of hydrogen-bond acceptors (Lipinski definition) is 20. The number of benzene rings is 3. The number of fused-ring (bicyclic) bond motifs is 1. The number of carbonyl (C=O) groups excluding carboxylic acids is 1. The number of rotatable bonds is 11. The lowest BCUT2D eigenvalue weighted by Crippen LogP contribution is -2.65. The number of phenols is 5. The van der Waals surface area contributed by atoms with Gasteiger partial charge in [-0.05, 0) is 42.0 Å². The van der Waals surface area contributed by atoms with Crippen LogP contribution in [0.5, 0.6) is 40.2 Å². The third kappa shape index (κ3) is 8.25. The van der Waals surface area contributed by atoms with Crippen molar-refractivity contribution in [3.05, 3.63) is 70.4 Å². The monoisotopic (exact) mass is 802 g/mol. The van der Waals surface area contributed by atoms with Gasteiger partial charge in [-0.2, -0.15) is 0 Å². The van der Waals surface area contributed by atoms with Crippen LogP contribution >= 0.6 is 0 Å². The van der Waals surface area contributed by atoms with Gasteiger partial charge in [0.1, 0.15) is 59.1 Å². The molecule has 2 fully saturated rings. The zero-order valence-electron chi connectivity index (χ0n) is 29.6. The highest BCUT2D eigenvalue weighted by Crippen LogP contribution is 2.40. The van der Waals surface area contributed by atoms with Crippen molar-refractivity contribution in [1.29, 1.82) is 0 Å². The standard InChI is InChI=1S/C37H38O20/c1-51-21-8-14(2-5-18(21)42)3-7-25(45)55-34-30(49)27(46)23(12-38)53-36(34)57-35-31(50)28(47)24(13-39)54-37(35)56-33-29(48)26-20(44)10-16(40)11-22(26)52-32(33)15-4-6-17(41)19(43)9-15/h2-11,23-24,27-28,30-31,34-44,46-47,49-50H,12-13H2,1H3/b7-3+/t23-,24-,27-,28-,30+,31+,34-,35+,36+,37+/m1/s1. The van der Waals surface area contributed by atoms with Gasteiger partial charge < -0.3 is 89.0 Å². The van der Waals surface area contributed by atoms with Crippen molar-refractivity contribution in [1.82, 2.24) is 0 Å². The number of aliphatic hydroxyl groups excluding tert-OH is 6. The highest BCUT2D eigenvalue weighted by atomic mass is 16.8. The molecule has 306 valence electrons. The largest absolute Gasteiger partial charge is 0.508 e. The molecule has 1 aromatic heterocycles. The quantitative estimate of drug-likeness (QED) is 0.0505. The van der Waals surface area contributed by atoms with Crippen LogP contribution in [0.25, 0.3) is 28.4 Å². The Labute approximate surface area is 320 Å². The number of esters is 1. The number of aromatic hydroxyl groups is 5. The minimum Gasteiger partial charge on any atom is -0.508 e. The van der Waals surface area contributed by atoms with Gasteiger partial charge in [0.2, 0.25) is 17.5 Å². The molecule has 0 spiro atoms. The number of methoxy groups -OCH3 is 1. The maximum Gasteiger partial charge on any atom is 0.331 e. The Balaban J connectivity index is 1.38. The van der Waals surface area contributed by atoms with E-state index < -0.39 is 126 Å². The summed E-state index contributed by atoms with van der Waals surface area (Å²) in [7, 11) is 1.31. The Morgan fingerprint density at radius 3 is 2.05 bits per heavy atom. The van der Waals surface area contributed by atoms with E-state index in [1.165, 1.54) is 37.5 Å². The van der Waals surface area contributed by atoms with E-state index in [1.54, 1.807) is 0 Å². The van der Waals surface area contributed by atoms with E-state index in [0.29, 0.717) is 5.56 Å². The summed E-state index contributed by atoms with van der Waals surface area (Å²) in [6.45, 7) is -1.83. The van der Waals surface area contributed by atoms with Gasteiger partial charge in [0.05, 0.1) is 20.3 Å². The number of aliphatic hydroxyl groups is 6. The van der Waals surface area contributed by atoms with Crippen molar-refractivity contribution in [2.45, 2.75) is 61.4 Å². The molecule has 0 unspecified atom stereocenters. The molecule has 10 atom stereocenters. The second-order valence-corrected chi connectivity index (χ2v) is 12.9. The first kappa shape index (κ1) is 41.0. The fourth-order valence-electron chi connectivity index (χ4n) is 6.22. The topological polar surface area (TPSA) is 325 Å². The molecule has 0 aliphatic carbocycles. The van der Waals surface area contributed by atoms with Crippen LogP contribution in [0.1, 0.15) is 5.56 Å². The lowest BCUT2D eigenvalue weighted by atomic mass is 9.97. The van der Waals surface area contributed by atoms with Crippen LogP contribution in [-0.4, -0.2) is 144 Å². The number of ether oxygens (including phenoxy) is 6. The molecule has 0 radical (unpaired) electrons. The molecular weight excluding hydrogens is 764 g/mol. The van der Waals surface area contributed by atoms with Gasteiger partial charge in [-0.25, -0.2) is 4.79 Å². The Bertz CT molecular complexity index is 2180. The summed E-state index contributed by atoms with van der Waals surface area (Å²) in [5.74, 6) is -4.98. The van der Waals surface area contributed by atoms with Crippen LogP contribution in [0.4, 0.5) is 0 Å². The predicted octanol–water partition coefficient (Wildman–Crippen LogP) is -0.736. The average molecular weight is 803 g/mol. The van der Waals surface area contributed by atoms with E-state index in [4.69, 9.17) is 32.8 Å². The van der Waals surface area contributed by atoms with Crippen molar-refractivity contribution in [3.8, 4) is 51.6 Å². The van der Waals surface area contributed by atoms with Crippen LogP contribution in [-0.2, 0) is 23.7 Å². The van der Waals surface area contributed by atoms with Gasteiger partial charge in [0.25, 0.3) is 0 Å². The first-order valence-electron chi connectivity index (χ1n) is 17.0. The van der Waals surface area contributed by atoms with Crippen LogP contribution in [0.2, 0.25) is 0 Å².